The Balaban J connectivity index is 1.63. The van der Waals surface area contributed by atoms with Crippen LogP contribution in [0.1, 0.15) is 25.8 Å². The van der Waals surface area contributed by atoms with Gasteiger partial charge in [0.15, 0.2) is 5.13 Å². The van der Waals surface area contributed by atoms with E-state index in [-0.39, 0.29) is 17.9 Å². The Morgan fingerprint density at radius 2 is 2.29 bits per heavy atom. The fourth-order valence-electron chi connectivity index (χ4n) is 2.42. The van der Waals surface area contributed by atoms with Crippen molar-refractivity contribution in [3.63, 3.8) is 0 Å². The predicted octanol–water partition coefficient (Wildman–Crippen LogP) is 2.96. The highest BCUT2D eigenvalue weighted by atomic mass is 32.1. The smallest absolute Gasteiger partial charge is 0.226 e. The normalized spacial score (nSPS) is 16.8. The Kier molecular flexibility index (Phi) is 3.85. The molecule has 1 saturated heterocycles. The van der Waals surface area contributed by atoms with Crippen LogP contribution in [0.25, 0.3) is 10.2 Å². The summed E-state index contributed by atoms with van der Waals surface area (Å²) >= 11 is 1.71. The van der Waals surface area contributed by atoms with Crippen LogP contribution in [0.4, 0.5) is 5.13 Å². The van der Waals surface area contributed by atoms with Crippen molar-refractivity contribution < 1.29 is 4.79 Å². The second kappa shape index (κ2) is 5.64. The molecule has 1 amide bonds. The summed E-state index contributed by atoms with van der Waals surface area (Å²) in [5.41, 5.74) is 2.31. The number of nitrogens with zero attached hydrogens (tertiary/aromatic N) is 2. The molecular formula is C16H21N3OS. The summed E-state index contributed by atoms with van der Waals surface area (Å²) in [4.78, 5) is 18.9. The zero-order chi connectivity index (χ0) is 15.0. The van der Waals surface area contributed by atoms with Gasteiger partial charge in [0.1, 0.15) is 0 Å². The Morgan fingerprint density at radius 3 is 3.00 bits per heavy atom. The molecule has 0 saturated carbocycles. The second-order valence-electron chi connectivity index (χ2n) is 5.89. The lowest BCUT2D eigenvalue weighted by atomic mass is 9.99. The number of aromatic nitrogens is 1. The van der Waals surface area contributed by atoms with Crippen LogP contribution < -0.4 is 10.2 Å². The van der Waals surface area contributed by atoms with E-state index in [9.17, 15) is 4.79 Å². The summed E-state index contributed by atoms with van der Waals surface area (Å²) in [6.07, 6.45) is 0.972. The van der Waals surface area contributed by atoms with E-state index in [0.29, 0.717) is 0 Å². The molecular weight excluding hydrogens is 282 g/mol. The van der Waals surface area contributed by atoms with Crippen molar-refractivity contribution in [3.05, 3.63) is 23.8 Å². The van der Waals surface area contributed by atoms with E-state index < -0.39 is 0 Å². The summed E-state index contributed by atoms with van der Waals surface area (Å²) in [5, 5.41) is 4.09. The van der Waals surface area contributed by atoms with Gasteiger partial charge in [-0.1, -0.05) is 24.3 Å². The third-order valence-corrected chi connectivity index (χ3v) is 5.14. The molecule has 1 aliphatic rings. The highest BCUT2D eigenvalue weighted by Gasteiger charge is 2.34. The largest absolute Gasteiger partial charge is 0.353 e. The first-order chi connectivity index (χ1) is 10.1. The summed E-state index contributed by atoms with van der Waals surface area (Å²) in [5.74, 6) is 0.283. The summed E-state index contributed by atoms with van der Waals surface area (Å²) < 4.78 is 1.22. The Morgan fingerprint density at radius 1 is 1.52 bits per heavy atom. The number of carbonyl (C=O) groups excluding carboxylic acids is 1. The van der Waals surface area contributed by atoms with Crippen LogP contribution in [0.5, 0.6) is 0 Å². The highest BCUT2D eigenvalue weighted by Crippen LogP contribution is 2.33. The van der Waals surface area contributed by atoms with E-state index >= 15 is 0 Å². The van der Waals surface area contributed by atoms with Crippen LogP contribution in [-0.2, 0) is 4.79 Å². The summed E-state index contributed by atoms with van der Waals surface area (Å²) in [6, 6.07) is 6.59. The van der Waals surface area contributed by atoms with Crippen LogP contribution in [0.15, 0.2) is 18.2 Å². The Bertz CT molecular complexity index is 661. The van der Waals surface area contributed by atoms with E-state index in [1.807, 2.05) is 6.92 Å². The van der Waals surface area contributed by atoms with Gasteiger partial charge in [-0.05, 0) is 38.0 Å². The second-order valence-corrected chi connectivity index (χ2v) is 6.90. The van der Waals surface area contributed by atoms with Gasteiger partial charge in [0.25, 0.3) is 0 Å². The van der Waals surface area contributed by atoms with E-state index in [0.717, 1.165) is 30.2 Å². The van der Waals surface area contributed by atoms with Crippen LogP contribution in [0.2, 0.25) is 0 Å². The lowest BCUT2D eigenvalue weighted by Gasteiger charge is -2.38. The van der Waals surface area contributed by atoms with Crippen molar-refractivity contribution in [1.29, 1.82) is 0 Å². The number of amides is 1. The maximum Gasteiger partial charge on any atom is 0.226 e. The average molecular weight is 303 g/mol. The molecule has 1 aromatic carbocycles. The van der Waals surface area contributed by atoms with E-state index in [1.165, 1.54) is 10.3 Å². The van der Waals surface area contributed by atoms with Gasteiger partial charge in [-0.2, -0.15) is 0 Å². The molecule has 0 radical (unpaired) electrons. The maximum atomic E-state index is 12.0. The molecule has 0 aliphatic carbocycles. The lowest BCUT2D eigenvalue weighted by molar-refractivity contribution is -0.126. The van der Waals surface area contributed by atoms with Crippen LogP contribution >= 0.6 is 11.3 Å². The standard InChI is InChI=1S/C16H21N3OS/c1-4-11(3)17-15(20)12-8-19(9-12)16-18-13-6-5-10(2)7-14(13)21-16/h5-7,11-12H,4,8-9H2,1-3H3,(H,17,20). The molecule has 1 fully saturated rings. The molecule has 112 valence electrons. The number of nitrogens with one attached hydrogen (secondary N) is 1. The molecule has 1 aromatic heterocycles. The quantitative estimate of drug-likeness (QED) is 0.944. The molecule has 4 nitrogen and oxygen atoms in total. The van der Waals surface area contributed by atoms with Crippen LogP contribution in [0.3, 0.4) is 0 Å². The third-order valence-electron chi connectivity index (χ3n) is 4.06. The monoisotopic (exact) mass is 303 g/mol. The number of anilines is 1. The molecule has 0 spiro atoms. The molecule has 2 aromatic rings. The number of hydrogen-bond donors (Lipinski definition) is 1. The number of fused-ring (bicyclic) bond motifs is 1. The number of aryl methyl sites for hydroxylation is 1. The van der Waals surface area contributed by atoms with Crippen molar-refractivity contribution in [3.8, 4) is 0 Å². The minimum atomic E-state index is 0.104. The highest BCUT2D eigenvalue weighted by molar-refractivity contribution is 7.22. The van der Waals surface area contributed by atoms with E-state index in [4.69, 9.17) is 0 Å². The number of benzene rings is 1. The Labute approximate surface area is 129 Å². The van der Waals surface area contributed by atoms with Gasteiger partial charge < -0.3 is 10.2 Å². The molecule has 1 aliphatic heterocycles. The fourth-order valence-corrected chi connectivity index (χ4v) is 3.50. The molecule has 1 atom stereocenters. The summed E-state index contributed by atoms with van der Waals surface area (Å²) in [7, 11) is 0. The number of hydrogen-bond acceptors (Lipinski definition) is 4. The molecule has 1 unspecified atom stereocenters. The van der Waals surface area contributed by atoms with Gasteiger partial charge in [0, 0.05) is 19.1 Å². The van der Waals surface area contributed by atoms with Crippen LogP contribution in [-0.4, -0.2) is 30.0 Å². The summed E-state index contributed by atoms with van der Waals surface area (Å²) in [6.45, 7) is 7.78. The first kappa shape index (κ1) is 14.3. The van der Waals surface area contributed by atoms with Crippen molar-refractivity contribution >= 4 is 32.6 Å². The molecule has 1 N–H and O–H groups in total. The van der Waals surface area contributed by atoms with Crippen molar-refractivity contribution in [2.24, 2.45) is 5.92 Å². The van der Waals surface area contributed by atoms with Crippen LogP contribution in [0, 0.1) is 12.8 Å². The molecule has 2 heterocycles. The predicted molar refractivity (Wildman–Crippen MR) is 88.0 cm³/mol. The lowest BCUT2D eigenvalue weighted by Crippen LogP contribution is -2.54. The van der Waals surface area contributed by atoms with Gasteiger partial charge in [0.05, 0.1) is 16.1 Å². The van der Waals surface area contributed by atoms with Crippen molar-refractivity contribution in [2.75, 3.05) is 18.0 Å². The minimum Gasteiger partial charge on any atom is -0.353 e. The SMILES string of the molecule is CCC(C)NC(=O)C1CN(c2nc3ccc(C)cc3s2)C1. The van der Waals surface area contributed by atoms with Gasteiger partial charge in [-0.25, -0.2) is 4.98 Å². The molecule has 5 heteroatoms. The van der Waals surface area contributed by atoms with Gasteiger partial charge in [-0.3, -0.25) is 4.79 Å². The zero-order valence-corrected chi connectivity index (χ0v) is 13.5. The Hall–Kier alpha value is -1.62. The van der Waals surface area contributed by atoms with E-state index in [1.54, 1.807) is 11.3 Å². The topological polar surface area (TPSA) is 45.2 Å². The maximum absolute atomic E-state index is 12.0. The molecule has 21 heavy (non-hydrogen) atoms. The van der Waals surface area contributed by atoms with Crippen molar-refractivity contribution in [1.82, 2.24) is 10.3 Å². The molecule has 0 bridgehead atoms. The van der Waals surface area contributed by atoms with E-state index in [2.05, 4.69) is 47.2 Å². The first-order valence-corrected chi connectivity index (χ1v) is 8.31. The van der Waals surface area contributed by atoms with Crippen molar-refractivity contribution in [2.45, 2.75) is 33.2 Å². The zero-order valence-electron chi connectivity index (χ0n) is 12.7. The van der Waals surface area contributed by atoms with Gasteiger partial charge >= 0.3 is 0 Å². The fraction of sp³-hybridized carbons (Fsp3) is 0.500. The van der Waals surface area contributed by atoms with Gasteiger partial charge in [-0.15, -0.1) is 0 Å². The minimum absolute atomic E-state index is 0.104. The number of thiazole rings is 1. The first-order valence-electron chi connectivity index (χ1n) is 7.49. The average Bonchev–Trinajstić information content (AvgIpc) is 2.79. The third kappa shape index (κ3) is 2.88. The number of rotatable bonds is 4. The van der Waals surface area contributed by atoms with Gasteiger partial charge in [0.2, 0.25) is 5.91 Å². The number of carbonyl (C=O) groups is 1. The molecule has 3 rings (SSSR count).